The SMILES string of the molecule is CC(Br)C(=O)c1ccc(CCl)c(N)c1. The summed E-state index contributed by atoms with van der Waals surface area (Å²) in [5.74, 6) is 0.391. The molecule has 0 spiro atoms. The molecule has 0 aliphatic heterocycles. The van der Waals surface area contributed by atoms with Gasteiger partial charge in [-0.15, -0.1) is 11.6 Å². The van der Waals surface area contributed by atoms with Gasteiger partial charge in [-0.1, -0.05) is 28.1 Å². The molecule has 0 saturated carbocycles. The molecule has 0 heterocycles. The number of hydrogen-bond acceptors (Lipinski definition) is 2. The predicted molar refractivity (Wildman–Crippen MR) is 63.1 cm³/mol. The number of halogens is 2. The van der Waals surface area contributed by atoms with E-state index < -0.39 is 0 Å². The van der Waals surface area contributed by atoms with E-state index in [2.05, 4.69) is 15.9 Å². The van der Waals surface area contributed by atoms with Crippen LogP contribution < -0.4 is 5.73 Å². The number of carbonyl (C=O) groups is 1. The molecule has 4 heteroatoms. The zero-order valence-corrected chi connectivity index (χ0v) is 10.1. The minimum atomic E-state index is -0.191. The van der Waals surface area contributed by atoms with Crippen LogP contribution in [0.25, 0.3) is 0 Å². The first kappa shape index (κ1) is 11.5. The molecule has 0 fully saturated rings. The topological polar surface area (TPSA) is 43.1 Å². The Hall–Kier alpha value is -0.540. The van der Waals surface area contributed by atoms with Crippen LogP contribution in [0.2, 0.25) is 0 Å². The van der Waals surface area contributed by atoms with Gasteiger partial charge in [0.05, 0.1) is 4.83 Å². The van der Waals surface area contributed by atoms with E-state index in [0.717, 1.165) is 5.56 Å². The minimum Gasteiger partial charge on any atom is -0.398 e. The number of Topliss-reactive ketones (excluding diaryl/α,β-unsaturated/α-hetero) is 1. The second-order valence-corrected chi connectivity index (χ2v) is 4.67. The summed E-state index contributed by atoms with van der Waals surface area (Å²) in [5.41, 5.74) is 7.75. The lowest BCUT2D eigenvalue weighted by molar-refractivity contribution is 0.0996. The Morgan fingerprint density at radius 2 is 2.29 bits per heavy atom. The molecule has 0 amide bonds. The quantitative estimate of drug-likeness (QED) is 0.524. The maximum absolute atomic E-state index is 11.6. The number of nitrogen functional groups attached to an aromatic ring is 1. The molecule has 2 nitrogen and oxygen atoms in total. The number of rotatable bonds is 3. The van der Waals surface area contributed by atoms with Crippen molar-refractivity contribution in [2.75, 3.05) is 5.73 Å². The third-order valence-corrected chi connectivity index (χ3v) is 2.64. The van der Waals surface area contributed by atoms with Gasteiger partial charge in [-0.05, 0) is 18.6 Å². The van der Waals surface area contributed by atoms with Gasteiger partial charge in [-0.3, -0.25) is 4.79 Å². The Labute approximate surface area is 96.6 Å². The van der Waals surface area contributed by atoms with E-state index in [0.29, 0.717) is 17.1 Å². The van der Waals surface area contributed by atoms with Gasteiger partial charge in [0, 0.05) is 17.1 Å². The van der Waals surface area contributed by atoms with Gasteiger partial charge in [0.25, 0.3) is 0 Å². The predicted octanol–water partition coefficient (Wildman–Crippen LogP) is 2.97. The molecule has 0 saturated heterocycles. The molecule has 76 valence electrons. The smallest absolute Gasteiger partial charge is 0.176 e. The molecule has 1 aromatic carbocycles. The second-order valence-electron chi connectivity index (χ2n) is 3.03. The highest BCUT2D eigenvalue weighted by molar-refractivity contribution is 9.10. The molecular weight excluding hydrogens is 265 g/mol. The van der Waals surface area contributed by atoms with Crippen LogP contribution in [-0.4, -0.2) is 10.6 Å². The van der Waals surface area contributed by atoms with Crippen molar-refractivity contribution in [3.63, 3.8) is 0 Å². The fraction of sp³-hybridized carbons (Fsp3) is 0.300. The van der Waals surface area contributed by atoms with Crippen molar-refractivity contribution in [2.45, 2.75) is 17.6 Å². The highest BCUT2D eigenvalue weighted by atomic mass is 79.9. The number of anilines is 1. The van der Waals surface area contributed by atoms with Crippen LogP contribution >= 0.6 is 27.5 Å². The van der Waals surface area contributed by atoms with Crippen LogP contribution in [0, 0.1) is 0 Å². The van der Waals surface area contributed by atoms with Crippen molar-refractivity contribution in [1.82, 2.24) is 0 Å². The van der Waals surface area contributed by atoms with Crippen molar-refractivity contribution in [2.24, 2.45) is 0 Å². The first-order valence-corrected chi connectivity index (χ1v) is 5.64. The molecule has 0 aliphatic carbocycles. The summed E-state index contributed by atoms with van der Waals surface area (Å²) in [5, 5.41) is 0. The standard InChI is InChI=1S/C10H11BrClNO/c1-6(11)10(14)7-2-3-8(5-12)9(13)4-7/h2-4,6H,5,13H2,1H3. The first-order chi connectivity index (χ1) is 6.56. The number of benzene rings is 1. The van der Waals surface area contributed by atoms with Gasteiger partial charge in [-0.2, -0.15) is 0 Å². The molecule has 1 rings (SSSR count). The summed E-state index contributed by atoms with van der Waals surface area (Å²) >= 11 is 8.87. The summed E-state index contributed by atoms with van der Waals surface area (Å²) < 4.78 is 0. The molecule has 2 N–H and O–H groups in total. The second kappa shape index (κ2) is 4.80. The highest BCUT2D eigenvalue weighted by Crippen LogP contribution is 2.18. The molecular formula is C10H11BrClNO. The Morgan fingerprint density at radius 3 is 2.71 bits per heavy atom. The Kier molecular flexibility index (Phi) is 3.96. The van der Waals surface area contributed by atoms with Crippen molar-refractivity contribution >= 4 is 39.0 Å². The zero-order chi connectivity index (χ0) is 10.7. The Bertz CT molecular complexity index is 352. The number of ketones is 1. The molecule has 0 radical (unpaired) electrons. The number of hydrogen-bond donors (Lipinski definition) is 1. The monoisotopic (exact) mass is 275 g/mol. The van der Waals surface area contributed by atoms with Crippen molar-refractivity contribution < 1.29 is 4.79 Å². The average molecular weight is 277 g/mol. The van der Waals surface area contributed by atoms with E-state index in [-0.39, 0.29) is 10.6 Å². The van der Waals surface area contributed by atoms with Crippen molar-refractivity contribution in [3.05, 3.63) is 29.3 Å². The van der Waals surface area contributed by atoms with E-state index >= 15 is 0 Å². The zero-order valence-electron chi connectivity index (χ0n) is 7.76. The summed E-state index contributed by atoms with van der Waals surface area (Å²) in [6, 6.07) is 5.19. The maximum atomic E-state index is 11.6. The lowest BCUT2D eigenvalue weighted by atomic mass is 10.1. The summed E-state index contributed by atoms with van der Waals surface area (Å²) in [7, 11) is 0. The summed E-state index contributed by atoms with van der Waals surface area (Å²) in [6.07, 6.45) is 0. The first-order valence-electron chi connectivity index (χ1n) is 4.19. The van der Waals surface area contributed by atoms with Crippen molar-refractivity contribution in [3.8, 4) is 0 Å². The lowest BCUT2D eigenvalue weighted by Crippen LogP contribution is -2.10. The molecule has 1 unspecified atom stereocenters. The van der Waals surface area contributed by atoms with Crippen LogP contribution in [0.5, 0.6) is 0 Å². The van der Waals surface area contributed by atoms with E-state index in [9.17, 15) is 4.79 Å². The molecule has 0 aromatic heterocycles. The largest absolute Gasteiger partial charge is 0.398 e. The minimum absolute atomic E-state index is 0.0258. The van der Waals surface area contributed by atoms with E-state index in [1.54, 1.807) is 25.1 Å². The number of nitrogens with two attached hydrogens (primary N) is 1. The van der Waals surface area contributed by atoms with Crippen LogP contribution in [-0.2, 0) is 5.88 Å². The molecule has 1 atom stereocenters. The molecule has 14 heavy (non-hydrogen) atoms. The lowest BCUT2D eigenvalue weighted by Gasteiger charge is -2.06. The average Bonchev–Trinajstić information content (AvgIpc) is 2.16. The van der Waals surface area contributed by atoms with Gasteiger partial charge in [0.1, 0.15) is 0 Å². The van der Waals surface area contributed by atoms with Gasteiger partial charge in [-0.25, -0.2) is 0 Å². The van der Waals surface area contributed by atoms with E-state index in [4.69, 9.17) is 17.3 Å². The van der Waals surface area contributed by atoms with Gasteiger partial charge in [0.15, 0.2) is 5.78 Å². The third kappa shape index (κ3) is 2.49. The van der Waals surface area contributed by atoms with Crippen LogP contribution in [0.15, 0.2) is 18.2 Å². The van der Waals surface area contributed by atoms with E-state index in [1.165, 1.54) is 0 Å². The van der Waals surface area contributed by atoms with Gasteiger partial charge >= 0.3 is 0 Å². The normalized spacial score (nSPS) is 12.5. The summed E-state index contributed by atoms with van der Waals surface area (Å²) in [6.45, 7) is 1.79. The van der Waals surface area contributed by atoms with Gasteiger partial charge < -0.3 is 5.73 Å². The van der Waals surface area contributed by atoms with E-state index in [1.807, 2.05) is 0 Å². The van der Waals surface area contributed by atoms with Gasteiger partial charge in [0.2, 0.25) is 0 Å². The summed E-state index contributed by atoms with van der Waals surface area (Å²) in [4.78, 5) is 11.4. The Morgan fingerprint density at radius 1 is 1.64 bits per heavy atom. The number of carbonyl (C=O) groups excluding carboxylic acids is 1. The van der Waals surface area contributed by atoms with Crippen LogP contribution in [0.3, 0.4) is 0 Å². The third-order valence-electron chi connectivity index (χ3n) is 1.94. The van der Waals surface area contributed by atoms with Crippen LogP contribution in [0.1, 0.15) is 22.8 Å². The highest BCUT2D eigenvalue weighted by Gasteiger charge is 2.12. The molecule has 0 aliphatic rings. The van der Waals surface area contributed by atoms with Crippen LogP contribution in [0.4, 0.5) is 5.69 Å². The molecule has 0 bridgehead atoms. The van der Waals surface area contributed by atoms with Crippen molar-refractivity contribution in [1.29, 1.82) is 0 Å². The molecule has 1 aromatic rings. The number of alkyl halides is 2. The fourth-order valence-electron chi connectivity index (χ4n) is 1.10. The fourth-order valence-corrected chi connectivity index (χ4v) is 1.61. The Balaban J connectivity index is 3.03. The maximum Gasteiger partial charge on any atom is 0.176 e.